The molecule has 1 aromatic carbocycles. The molecule has 5 nitrogen and oxygen atoms in total. The third-order valence-corrected chi connectivity index (χ3v) is 4.47. The van der Waals surface area contributed by atoms with E-state index in [4.69, 9.17) is 0 Å². The molecule has 1 aliphatic heterocycles. The normalized spacial score (nSPS) is 17.0. The van der Waals surface area contributed by atoms with Crippen molar-refractivity contribution < 1.29 is 9.50 Å². The summed E-state index contributed by atoms with van der Waals surface area (Å²) in [4.78, 5) is 12.3. The van der Waals surface area contributed by atoms with Gasteiger partial charge in [0.15, 0.2) is 11.6 Å². The van der Waals surface area contributed by atoms with Gasteiger partial charge in [0, 0.05) is 32.7 Å². The molecule has 2 aromatic rings. The Morgan fingerprint density at radius 1 is 1.12 bits per heavy atom. The number of aliphatic hydroxyl groups is 1. The van der Waals surface area contributed by atoms with E-state index in [1.165, 1.54) is 6.33 Å². The SMILES string of the molecule is CCc1ncnc(N2CCN(C[C@@H](O)c3ccccc3)CC2)c1F. The Labute approximate surface area is 141 Å². The number of aryl methyl sites for hydroxylation is 1. The van der Waals surface area contributed by atoms with Crippen molar-refractivity contribution in [1.82, 2.24) is 14.9 Å². The maximum Gasteiger partial charge on any atom is 0.187 e. The maximum atomic E-state index is 14.4. The summed E-state index contributed by atoms with van der Waals surface area (Å²) >= 11 is 0. The lowest BCUT2D eigenvalue weighted by Gasteiger charge is -2.36. The van der Waals surface area contributed by atoms with Crippen LogP contribution in [-0.4, -0.2) is 52.7 Å². The second kappa shape index (κ2) is 7.68. The van der Waals surface area contributed by atoms with Crippen LogP contribution in [0.5, 0.6) is 0 Å². The third kappa shape index (κ3) is 3.71. The van der Waals surface area contributed by atoms with Crippen molar-refractivity contribution in [2.45, 2.75) is 19.4 Å². The van der Waals surface area contributed by atoms with E-state index < -0.39 is 6.10 Å². The Hall–Kier alpha value is -2.05. The van der Waals surface area contributed by atoms with Gasteiger partial charge in [0.25, 0.3) is 0 Å². The Kier molecular flexibility index (Phi) is 5.37. The summed E-state index contributed by atoms with van der Waals surface area (Å²) in [5.41, 5.74) is 1.39. The second-order valence-corrected chi connectivity index (χ2v) is 6.03. The van der Waals surface area contributed by atoms with Gasteiger partial charge in [-0.1, -0.05) is 37.3 Å². The fraction of sp³-hybridized carbons (Fsp3) is 0.444. The minimum atomic E-state index is -0.500. The van der Waals surface area contributed by atoms with Crippen molar-refractivity contribution in [3.8, 4) is 0 Å². The molecule has 0 spiro atoms. The van der Waals surface area contributed by atoms with E-state index in [2.05, 4.69) is 14.9 Å². The molecule has 1 N–H and O–H groups in total. The number of aromatic nitrogens is 2. The van der Waals surface area contributed by atoms with Gasteiger partial charge in [-0.3, -0.25) is 4.90 Å². The quantitative estimate of drug-likeness (QED) is 0.909. The van der Waals surface area contributed by atoms with E-state index in [0.29, 0.717) is 37.6 Å². The largest absolute Gasteiger partial charge is 0.387 e. The molecule has 0 radical (unpaired) electrons. The minimum absolute atomic E-state index is 0.308. The number of aliphatic hydroxyl groups excluding tert-OH is 1. The molecule has 1 aliphatic rings. The van der Waals surface area contributed by atoms with E-state index in [-0.39, 0.29) is 5.82 Å². The first kappa shape index (κ1) is 16.8. The zero-order valence-corrected chi connectivity index (χ0v) is 13.9. The van der Waals surface area contributed by atoms with Crippen LogP contribution < -0.4 is 4.90 Å². The number of anilines is 1. The highest BCUT2D eigenvalue weighted by Crippen LogP contribution is 2.21. The predicted molar refractivity (Wildman–Crippen MR) is 91.4 cm³/mol. The molecule has 0 bridgehead atoms. The van der Waals surface area contributed by atoms with Gasteiger partial charge in [0.2, 0.25) is 0 Å². The number of nitrogens with zero attached hydrogens (tertiary/aromatic N) is 4. The molecule has 1 atom stereocenters. The molecule has 3 rings (SSSR count). The summed E-state index contributed by atoms with van der Waals surface area (Å²) in [5, 5.41) is 10.3. The Morgan fingerprint density at radius 3 is 2.50 bits per heavy atom. The van der Waals surface area contributed by atoms with E-state index in [1.54, 1.807) is 0 Å². The van der Waals surface area contributed by atoms with Crippen LogP contribution >= 0.6 is 0 Å². The summed E-state index contributed by atoms with van der Waals surface area (Å²) in [6, 6.07) is 9.67. The van der Waals surface area contributed by atoms with Crippen molar-refractivity contribution in [3.05, 3.63) is 53.7 Å². The highest BCUT2D eigenvalue weighted by molar-refractivity contribution is 5.41. The van der Waals surface area contributed by atoms with Crippen LogP contribution in [0.3, 0.4) is 0 Å². The van der Waals surface area contributed by atoms with E-state index in [1.807, 2.05) is 42.2 Å². The first-order valence-corrected chi connectivity index (χ1v) is 8.38. The van der Waals surface area contributed by atoms with E-state index in [9.17, 15) is 9.50 Å². The zero-order chi connectivity index (χ0) is 16.9. The molecule has 0 saturated carbocycles. The van der Waals surface area contributed by atoms with Crippen LogP contribution in [0.2, 0.25) is 0 Å². The summed E-state index contributed by atoms with van der Waals surface area (Å²) in [6.07, 6.45) is 1.49. The van der Waals surface area contributed by atoms with Crippen molar-refractivity contribution in [1.29, 1.82) is 0 Å². The smallest absolute Gasteiger partial charge is 0.187 e. The molecule has 0 unspecified atom stereocenters. The molecule has 0 aliphatic carbocycles. The van der Waals surface area contributed by atoms with Gasteiger partial charge < -0.3 is 10.0 Å². The molecule has 2 heterocycles. The Morgan fingerprint density at radius 2 is 1.83 bits per heavy atom. The van der Waals surface area contributed by atoms with Crippen LogP contribution in [0.1, 0.15) is 24.3 Å². The Balaban J connectivity index is 1.58. The van der Waals surface area contributed by atoms with Crippen molar-refractivity contribution in [2.75, 3.05) is 37.6 Å². The monoisotopic (exact) mass is 330 g/mol. The fourth-order valence-electron chi connectivity index (χ4n) is 3.03. The highest BCUT2D eigenvalue weighted by Gasteiger charge is 2.23. The number of rotatable bonds is 5. The molecule has 6 heteroatoms. The van der Waals surface area contributed by atoms with Crippen LogP contribution in [0.4, 0.5) is 10.2 Å². The number of halogens is 1. The highest BCUT2D eigenvalue weighted by atomic mass is 19.1. The lowest BCUT2D eigenvalue weighted by atomic mass is 10.1. The van der Waals surface area contributed by atoms with E-state index in [0.717, 1.165) is 18.7 Å². The molecule has 1 fully saturated rings. The van der Waals surface area contributed by atoms with Gasteiger partial charge in [-0.15, -0.1) is 0 Å². The molecule has 1 aromatic heterocycles. The van der Waals surface area contributed by atoms with Crippen molar-refractivity contribution in [3.63, 3.8) is 0 Å². The first-order chi connectivity index (χ1) is 11.7. The molecule has 0 amide bonds. The number of hydrogen-bond acceptors (Lipinski definition) is 5. The number of hydrogen-bond donors (Lipinski definition) is 1. The summed E-state index contributed by atoms with van der Waals surface area (Å²) < 4.78 is 14.4. The van der Waals surface area contributed by atoms with Crippen LogP contribution in [-0.2, 0) is 6.42 Å². The molecular weight excluding hydrogens is 307 g/mol. The van der Waals surface area contributed by atoms with Gasteiger partial charge >= 0.3 is 0 Å². The van der Waals surface area contributed by atoms with Gasteiger partial charge in [0.05, 0.1) is 11.8 Å². The lowest BCUT2D eigenvalue weighted by molar-refractivity contribution is 0.109. The fourth-order valence-corrected chi connectivity index (χ4v) is 3.03. The van der Waals surface area contributed by atoms with Gasteiger partial charge in [-0.25, -0.2) is 14.4 Å². The summed E-state index contributed by atoms with van der Waals surface area (Å²) in [5.74, 6) is 0.0860. The van der Waals surface area contributed by atoms with Gasteiger partial charge in [-0.05, 0) is 12.0 Å². The molecule has 1 saturated heterocycles. The van der Waals surface area contributed by atoms with Gasteiger partial charge in [-0.2, -0.15) is 0 Å². The minimum Gasteiger partial charge on any atom is -0.387 e. The van der Waals surface area contributed by atoms with Gasteiger partial charge in [0.1, 0.15) is 6.33 Å². The van der Waals surface area contributed by atoms with Crippen LogP contribution in [0.15, 0.2) is 36.7 Å². The topological polar surface area (TPSA) is 52.5 Å². The number of β-amino-alcohol motifs (C(OH)–C–C–N with tert-alkyl or cyclic N) is 1. The van der Waals surface area contributed by atoms with Crippen molar-refractivity contribution >= 4 is 5.82 Å². The maximum absolute atomic E-state index is 14.4. The average Bonchev–Trinajstić information content (AvgIpc) is 2.63. The second-order valence-electron chi connectivity index (χ2n) is 6.03. The lowest BCUT2D eigenvalue weighted by Crippen LogP contribution is -2.48. The predicted octanol–water partition coefficient (Wildman–Crippen LogP) is 2.03. The number of benzene rings is 1. The van der Waals surface area contributed by atoms with E-state index >= 15 is 0 Å². The standard InChI is InChI=1S/C18H23FN4O/c1-2-15-17(19)18(21-13-20-15)23-10-8-22(9-11-23)12-16(24)14-6-4-3-5-7-14/h3-7,13,16,24H,2,8-12H2,1H3/t16-/m1/s1. The summed E-state index contributed by atoms with van der Waals surface area (Å²) in [7, 11) is 0. The third-order valence-electron chi connectivity index (χ3n) is 4.47. The molecule has 24 heavy (non-hydrogen) atoms. The molecule has 128 valence electrons. The first-order valence-electron chi connectivity index (χ1n) is 8.38. The Bertz CT molecular complexity index is 659. The van der Waals surface area contributed by atoms with Crippen LogP contribution in [0.25, 0.3) is 0 Å². The van der Waals surface area contributed by atoms with Crippen molar-refractivity contribution in [2.24, 2.45) is 0 Å². The average molecular weight is 330 g/mol. The number of piperazine rings is 1. The summed E-state index contributed by atoms with van der Waals surface area (Å²) in [6.45, 7) is 5.41. The molecular formula is C18H23FN4O. The zero-order valence-electron chi connectivity index (χ0n) is 13.9. The van der Waals surface area contributed by atoms with Crippen LogP contribution in [0, 0.1) is 5.82 Å².